The Labute approximate surface area is 153 Å². The van der Waals surface area contributed by atoms with Gasteiger partial charge in [0.15, 0.2) is 0 Å². The highest BCUT2D eigenvalue weighted by atomic mass is 35.5. The van der Waals surface area contributed by atoms with Gasteiger partial charge < -0.3 is 10.2 Å². The number of likely N-dealkylation sites (tertiary alicyclic amines) is 1. The topological polar surface area (TPSA) is 32.3 Å². The summed E-state index contributed by atoms with van der Waals surface area (Å²) >= 11 is 6.13. The summed E-state index contributed by atoms with van der Waals surface area (Å²) in [5.41, 5.74) is 0.940. The molecule has 2 atom stereocenters. The van der Waals surface area contributed by atoms with Gasteiger partial charge in [-0.15, -0.1) is 12.4 Å². The van der Waals surface area contributed by atoms with E-state index in [1.54, 1.807) is 12.1 Å². The molecule has 1 aromatic carbocycles. The molecule has 1 spiro atoms. The SMILES string of the molecule is Cl.O=C(C1CC1c1c(F)cccc1Cl)N1CCC2(CCNC2)CC1. The number of nitrogens with zero attached hydrogens (tertiary/aromatic N) is 1. The summed E-state index contributed by atoms with van der Waals surface area (Å²) in [7, 11) is 0. The van der Waals surface area contributed by atoms with Crippen LogP contribution in [0.25, 0.3) is 0 Å². The van der Waals surface area contributed by atoms with Crippen molar-refractivity contribution in [3.63, 3.8) is 0 Å². The van der Waals surface area contributed by atoms with E-state index in [4.69, 9.17) is 11.6 Å². The van der Waals surface area contributed by atoms with Crippen molar-refractivity contribution < 1.29 is 9.18 Å². The lowest BCUT2D eigenvalue weighted by Crippen LogP contribution is -2.44. The maximum Gasteiger partial charge on any atom is 0.226 e. The maximum atomic E-state index is 14.0. The van der Waals surface area contributed by atoms with Crippen molar-refractivity contribution in [1.82, 2.24) is 10.2 Å². The minimum Gasteiger partial charge on any atom is -0.342 e. The highest BCUT2D eigenvalue weighted by molar-refractivity contribution is 6.31. The van der Waals surface area contributed by atoms with E-state index in [0.29, 0.717) is 16.0 Å². The molecule has 0 aromatic heterocycles. The van der Waals surface area contributed by atoms with E-state index in [2.05, 4.69) is 5.32 Å². The van der Waals surface area contributed by atoms with Crippen molar-refractivity contribution in [3.05, 3.63) is 34.6 Å². The number of halogens is 3. The molecule has 24 heavy (non-hydrogen) atoms. The fraction of sp³-hybridized carbons (Fsp3) is 0.611. The summed E-state index contributed by atoms with van der Waals surface area (Å²) in [5, 5.41) is 3.89. The standard InChI is InChI=1S/C18H22ClFN2O.ClH/c19-14-2-1-3-15(20)16(14)12-10-13(12)17(23)22-8-5-18(6-9-22)4-7-21-11-18;/h1-3,12-13,21H,4-11H2;1H. The van der Waals surface area contributed by atoms with E-state index >= 15 is 0 Å². The summed E-state index contributed by atoms with van der Waals surface area (Å²) in [6, 6.07) is 4.75. The van der Waals surface area contributed by atoms with Crippen LogP contribution in [0.2, 0.25) is 5.02 Å². The fourth-order valence-electron chi connectivity index (χ4n) is 4.31. The summed E-state index contributed by atoms with van der Waals surface area (Å²) in [4.78, 5) is 14.7. The molecule has 1 saturated carbocycles. The number of piperidine rings is 1. The van der Waals surface area contributed by atoms with E-state index in [1.165, 1.54) is 12.5 Å². The van der Waals surface area contributed by atoms with Crippen molar-refractivity contribution >= 4 is 29.9 Å². The molecule has 2 saturated heterocycles. The Kier molecular flexibility index (Phi) is 5.10. The Morgan fingerprint density at radius 3 is 2.67 bits per heavy atom. The number of carbonyl (C=O) groups is 1. The number of hydrogen-bond donors (Lipinski definition) is 1. The number of hydrogen-bond acceptors (Lipinski definition) is 2. The molecular formula is C18H23Cl2FN2O. The van der Waals surface area contributed by atoms with Crippen molar-refractivity contribution in [1.29, 1.82) is 0 Å². The third kappa shape index (κ3) is 3.16. The van der Waals surface area contributed by atoms with Crippen molar-refractivity contribution in [2.24, 2.45) is 11.3 Å². The number of rotatable bonds is 2. The normalized spacial score (nSPS) is 27.8. The van der Waals surface area contributed by atoms with Crippen LogP contribution < -0.4 is 5.32 Å². The van der Waals surface area contributed by atoms with Crippen LogP contribution in [0.15, 0.2) is 18.2 Å². The number of amides is 1. The second-order valence-corrected chi connectivity index (χ2v) is 7.74. The molecular weight excluding hydrogens is 350 g/mol. The second-order valence-electron chi connectivity index (χ2n) is 7.34. The van der Waals surface area contributed by atoms with Gasteiger partial charge in [0.1, 0.15) is 5.82 Å². The first kappa shape index (κ1) is 18.0. The lowest BCUT2D eigenvalue weighted by atomic mass is 9.78. The van der Waals surface area contributed by atoms with E-state index in [0.717, 1.165) is 45.4 Å². The smallest absolute Gasteiger partial charge is 0.226 e. The molecule has 1 N–H and O–H groups in total. The Balaban J connectivity index is 0.00000169. The van der Waals surface area contributed by atoms with Crippen LogP contribution in [0, 0.1) is 17.2 Å². The zero-order valence-corrected chi connectivity index (χ0v) is 15.1. The van der Waals surface area contributed by atoms with E-state index in [9.17, 15) is 9.18 Å². The zero-order chi connectivity index (χ0) is 16.0. The molecule has 4 rings (SSSR count). The van der Waals surface area contributed by atoms with Gasteiger partial charge in [-0.05, 0) is 49.8 Å². The van der Waals surface area contributed by atoms with E-state index in [-0.39, 0.29) is 36.0 Å². The second kappa shape index (κ2) is 6.81. The van der Waals surface area contributed by atoms with Crippen LogP contribution >= 0.6 is 24.0 Å². The van der Waals surface area contributed by atoms with E-state index < -0.39 is 0 Å². The molecule has 0 radical (unpaired) electrons. The van der Waals surface area contributed by atoms with Crippen LogP contribution in [-0.2, 0) is 4.79 Å². The van der Waals surface area contributed by atoms with Gasteiger partial charge in [0.05, 0.1) is 0 Å². The van der Waals surface area contributed by atoms with Crippen molar-refractivity contribution in [2.75, 3.05) is 26.2 Å². The predicted molar refractivity (Wildman–Crippen MR) is 95.2 cm³/mol. The van der Waals surface area contributed by atoms with Gasteiger partial charge >= 0.3 is 0 Å². The molecule has 1 aliphatic carbocycles. The van der Waals surface area contributed by atoms with Crippen molar-refractivity contribution in [3.8, 4) is 0 Å². The highest BCUT2D eigenvalue weighted by Crippen LogP contribution is 2.52. The van der Waals surface area contributed by atoms with Gasteiger partial charge in [-0.1, -0.05) is 17.7 Å². The Morgan fingerprint density at radius 2 is 2.04 bits per heavy atom. The van der Waals surface area contributed by atoms with Gasteiger partial charge in [0.2, 0.25) is 5.91 Å². The highest BCUT2D eigenvalue weighted by Gasteiger charge is 2.49. The average Bonchev–Trinajstić information content (AvgIpc) is 3.20. The zero-order valence-electron chi connectivity index (χ0n) is 13.6. The predicted octanol–water partition coefficient (Wildman–Crippen LogP) is 3.61. The Morgan fingerprint density at radius 1 is 1.29 bits per heavy atom. The Hall–Kier alpha value is -0.840. The lowest BCUT2D eigenvalue weighted by molar-refractivity contribution is -0.134. The van der Waals surface area contributed by atoms with Gasteiger partial charge in [-0.2, -0.15) is 0 Å². The molecule has 6 heteroatoms. The molecule has 2 heterocycles. The monoisotopic (exact) mass is 372 g/mol. The summed E-state index contributed by atoms with van der Waals surface area (Å²) < 4.78 is 14.0. The molecule has 1 amide bonds. The van der Waals surface area contributed by atoms with Crippen LogP contribution in [0.5, 0.6) is 0 Å². The first-order chi connectivity index (χ1) is 11.1. The average molecular weight is 373 g/mol. The van der Waals surface area contributed by atoms with Crippen LogP contribution in [0.1, 0.15) is 37.2 Å². The summed E-state index contributed by atoms with van der Waals surface area (Å²) in [6.45, 7) is 3.87. The van der Waals surface area contributed by atoms with Crippen LogP contribution in [-0.4, -0.2) is 37.0 Å². The van der Waals surface area contributed by atoms with Crippen LogP contribution in [0.4, 0.5) is 4.39 Å². The Bertz CT molecular complexity index is 603. The minimum atomic E-state index is -0.285. The van der Waals surface area contributed by atoms with Gasteiger partial charge in [0.25, 0.3) is 0 Å². The first-order valence-corrected chi connectivity index (χ1v) is 8.91. The summed E-state index contributed by atoms with van der Waals surface area (Å²) in [6.07, 6.45) is 4.13. The largest absolute Gasteiger partial charge is 0.342 e. The molecule has 132 valence electrons. The third-order valence-corrected chi connectivity index (χ3v) is 6.28. The molecule has 3 nitrogen and oxygen atoms in total. The molecule has 0 bridgehead atoms. The molecule has 2 unspecified atom stereocenters. The van der Waals surface area contributed by atoms with Gasteiger partial charge in [-0.3, -0.25) is 4.79 Å². The summed E-state index contributed by atoms with van der Waals surface area (Å²) in [5.74, 6) is -0.220. The minimum absolute atomic E-state index is 0. The fourth-order valence-corrected chi connectivity index (χ4v) is 4.61. The number of benzene rings is 1. The number of nitrogens with one attached hydrogen (secondary N) is 1. The molecule has 1 aromatic rings. The maximum absolute atomic E-state index is 14.0. The van der Waals surface area contributed by atoms with Gasteiger partial charge in [-0.25, -0.2) is 4.39 Å². The first-order valence-electron chi connectivity index (χ1n) is 8.53. The number of carbonyl (C=O) groups excluding carboxylic acids is 1. The molecule has 3 aliphatic rings. The quantitative estimate of drug-likeness (QED) is 0.859. The van der Waals surface area contributed by atoms with Crippen LogP contribution in [0.3, 0.4) is 0 Å². The molecule has 3 fully saturated rings. The van der Waals surface area contributed by atoms with Crippen molar-refractivity contribution in [2.45, 2.75) is 31.6 Å². The third-order valence-electron chi connectivity index (χ3n) is 5.95. The molecule has 2 aliphatic heterocycles. The lowest BCUT2D eigenvalue weighted by Gasteiger charge is -2.39. The van der Waals surface area contributed by atoms with Gasteiger partial charge in [0, 0.05) is 42.1 Å². The van der Waals surface area contributed by atoms with E-state index in [1.807, 2.05) is 4.90 Å².